The van der Waals surface area contributed by atoms with Gasteiger partial charge in [0.05, 0.1) is 25.5 Å². The minimum Gasteiger partial charge on any atom is -0.490 e. The molecule has 3 N–H and O–H groups in total. The lowest BCUT2D eigenvalue weighted by molar-refractivity contribution is -0.690. The van der Waals surface area contributed by atoms with Crippen LogP contribution in [-0.4, -0.2) is 29.7 Å². The first-order chi connectivity index (χ1) is 11.7. The summed E-state index contributed by atoms with van der Waals surface area (Å²) >= 11 is 0. The third-order valence-electron chi connectivity index (χ3n) is 4.57. The average molecular weight is 330 g/mol. The van der Waals surface area contributed by atoms with Crippen molar-refractivity contribution in [1.29, 1.82) is 0 Å². The molecule has 0 radical (unpaired) electrons. The molecule has 1 aromatic carbocycles. The second kappa shape index (κ2) is 7.26. The number of aromatic nitrogens is 2. The summed E-state index contributed by atoms with van der Waals surface area (Å²) in [4.78, 5) is 8.17. The highest BCUT2D eigenvalue weighted by Gasteiger charge is 2.30. The standard InChI is InChI=1S/C19H27N3O2/c1-5-17-21-12(4)18(22-17)19-14-11-16(24-7-3)15(23-6-2)10-13(14)8-9-20-19/h10-11,19-20H,5-9H2,1-4H3,(H,21,22)/p+1/t19-/m1/s1. The van der Waals surface area contributed by atoms with Crippen LogP contribution in [0.1, 0.15) is 55.2 Å². The first-order valence-corrected chi connectivity index (χ1v) is 8.98. The summed E-state index contributed by atoms with van der Waals surface area (Å²) in [6.07, 6.45) is 1.97. The highest BCUT2D eigenvalue weighted by molar-refractivity contribution is 5.50. The number of nitrogens with two attached hydrogens (primary N) is 1. The number of H-pyrrole nitrogens is 1. The van der Waals surface area contributed by atoms with E-state index in [-0.39, 0.29) is 6.04 Å². The Morgan fingerprint density at radius 1 is 1.17 bits per heavy atom. The summed E-state index contributed by atoms with van der Waals surface area (Å²) < 4.78 is 11.6. The molecule has 1 aromatic heterocycles. The van der Waals surface area contributed by atoms with Crippen LogP contribution >= 0.6 is 0 Å². The van der Waals surface area contributed by atoms with Gasteiger partial charge >= 0.3 is 0 Å². The van der Waals surface area contributed by atoms with Gasteiger partial charge in [0.25, 0.3) is 0 Å². The Bertz CT molecular complexity index is 709. The summed E-state index contributed by atoms with van der Waals surface area (Å²) in [5, 5.41) is 2.39. The van der Waals surface area contributed by atoms with Gasteiger partial charge in [0.2, 0.25) is 0 Å². The van der Waals surface area contributed by atoms with E-state index in [4.69, 9.17) is 9.47 Å². The topological polar surface area (TPSA) is 63.8 Å². The maximum Gasteiger partial charge on any atom is 0.161 e. The van der Waals surface area contributed by atoms with Crippen LogP contribution in [0.5, 0.6) is 11.5 Å². The lowest BCUT2D eigenvalue weighted by Gasteiger charge is -2.25. The Labute approximate surface area is 143 Å². The summed E-state index contributed by atoms with van der Waals surface area (Å²) in [5.41, 5.74) is 4.95. The van der Waals surface area contributed by atoms with E-state index >= 15 is 0 Å². The number of benzene rings is 1. The zero-order chi connectivity index (χ0) is 17.1. The monoisotopic (exact) mass is 330 g/mol. The van der Waals surface area contributed by atoms with E-state index in [1.54, 1.807) is 0 Å². The first kappa shape index (κ1) is 16.8. The van der Waals surface area contributed by atoms with Gasteiger partial charge in [-0.25, -0.2) is 4.98 Å². The maximum atomic E-state index is 5.83. The molecule has 0 unspecified atom stereocenters. The number of aryl methyl sites for hydroxylation is 2. The smallest absolute Gasteiger partial charge is 0.161 e. The third kappa shape index (κ3) is 3.13. The van der Waals surface area contributed by atoms with Crippen LogP contribution in [0.15, 0.2) is 12.1 Å². The van der Waals surface area contributed by atoms with E-state index in [9.17, 15) is 0 Å². The molecule has 3 rings (SSSR count). The molecule has 0 amide bonds. The fraction of sp³-hybridized carbons (Fsp3) is 0.526. The molecule has 0 bridgehead atoms. The number of nitrogens with one attached hydrogen (secondary N) is 1. The molecule has 5 nitrogen and oxygen atoms in total. The van der Waals surface area contributed by atoms with Crippen molar-refractivity contribution in [1.82, 2.24) is 9.97 Å². The Balaban J connectivity index is 2.05. The lowest BCUT2D eigenvalue weighted by Crippen LogP contribution is -2.87. The average Bonchev–Trinajstić information content (AvgIpc) is 2.96. The number of rotatable bonds is 6. The van der Waals surface area contributed by atoms with E-state index < -0.39 is 0 Å². The third-order valence-corrected chi connectivity index (χ3v) is 4.57. The van der Waals surface area contributed by atoms with Gasteiger partial charge in [0.1, 0.15) is 11.5 Å². The van der Waals surface area contributed by atoms with E-state index in [0.717, 1.165) is 42.4 Å². The Hall–Kier alpha value is -2.01. The zero-order valence-corrected chi connectivity index (χ0v) is 15.1. The predicted octanol–water partition coefficient (Wildman–Crippen LogP) is 2.29. The molecule has 1 atom stereocenters. The fourth-order valence-corrected chi connectivity index (χ4v) is 3.47. The molecule has 0 fully saturated rings. The van der Waals surface area contributed by atoms with Crippen LogP contribution in [0, 0.1) is 6.92 Å². The second-order valence-corrected chi connectivity index (χ2v) is 6.15. The Morgan fingerprint density at radius 3 is 2.50 bits per heavy atom. The molecular weight excluding hydrogens is 302 g/mol. The number of hydrogen-bond donors (Lipinski definition) is 2. The molecule has 2 heterocycles. The summed E-state index contributed by atoms with van der Waals surface area (Å²) in [5.74, 6) is 2.75. The molecular formula is C19H28N3O2+. The molecule has 1 aliphatic rings. The largest absolute Gasteiger partial charge is 0.490 e. The quantitative estimate of drug-likeness (QED) is 0.854. The van der Waals surface area contributed by atoms with Gasteiger partial charge in [-0.3, -0.25) is 0 Å². The van der Waals surface area contributed by atoms with Crippen molar-refractivity contribution < 1.29 is 14.8 Å². The van der Waals surface area contributed by atoms with Crippen LogP contribution < -0.4 is 14.8 Å². The first-order valence-electron chi connectivity index (χ1n) is 8.98. The number of ether oxygens (including phenoxy) is 2. The highest BCUT2D eigenvalue weighted by atomic mass is 16.5. The van der Waals surface area contributed by atoms with Gasteiger partial charge in [0.15, 0.2) is 17.5 Å². The molecule has 0 aliphatic carbocycles. The molecule has 0 spiro atoms. The SMILES string of the molecule is CCOc1cc2c(cc1OCC)[C@H](c1[nH]c(CC)nc1C)[NH2+]CC2. The summed E-state index contributed by atoms with van der Waals surface area (Å²) in [7, 11) is 0. The number of fused-ring (bicyclic) bond motifs is 1. The molecule has 5 heteroatoms. The van der Waals surface area contributed by atoms with Crippen LogP contribution in [0.4, 0.5) is 0 Å². The van der Waals surface area contributed by atoms with Crippen molar-refractivity contribution in [3.63, 3.8) is 0 Å². The predicted molar refractivity (Wildman–Crippen MR) is 93.8 cm³/mol. The Morgan fingerprint density at radius 2 is 1.88 bits per heavy atom. The molecule has 130 valence electrons. The molecule has 24 heavy (non-hydrogen) atoms. The van der Waals surface area contributed by atoms with Crippen LogP contribution in [0.3, 0.4) is 0 Å². The molecule has 0 saturated carbocycles. The fourth-order valence-electron chi connectivity index (χ4n) is 3.47. The van der Waals surface area contributed by atoms with E-state index in [2.05, 4.69) is 41.3 Å². The zero-order valence-electron chi connectivity index (χ0n) is 15.1. The Kier molecular flexibility index (Phi) is 5.09. The minimum atomic E-state index is 0.247. The van der Waals surface area contributed by atoms with Gasteiger partial charge in [-0.15, -0.1) is 0 Å². The number of quaternary nitrogens is 1. The normalized spacial score (nSPS) is 16.8. The number of nitrogens with zero attached hydrogens (tertiary/aromatic N) is 1. The number of imidazole rings is 1. The minimum absolute atomic E-state index is 0.247. The molecule has 2 aromatic rings. The van der Waals surface area contributed by atoms with Crippen LogP contribution in [-0.2, 0) is 12.8 Å². The summed E-state index contributed by atoms with van der Waals surface area (Å²) in [6, 6.07) is 4.57. The van der Waals surface area contributed by atoms with Crippen molar-refractivity contribution in [3.8, 4) is 11.5 Å². The van der Waals surface area contributed by atoms with Gasteiger partial charge in [-0.2, -0.15) is 0 Å². The van der Waals surface area contributed by atoms with Crippen LogP contribution in [0.2, 0.25) is 0 Å². The van der Waals surface area contributed by atoms with E-state index in [1.165, 1.54) is 16.8 Å². The van der Waals surface area contributed by atoms with Gasteiger partial charge < -0.3 is 19.8 Å². The second-order valence-electron chi connectivity index (χ2n) is 6.15. The number of aromatic amines is 1. The van der Waals surface area contributed by atoms with Gasteiger partial charge in [-0.1, -0.05) is 6.92 Å². The van der Waals surface area contributed by atoms with E-state index in [0.29, 0.717) is 13.2 Å². The highest BCUT2D eigenvalue weighted by Crippen LogP contribution is 2.36. The summed E-state index contributed by atoms with van der Waals surface area (Å²) in [6.45, 7) is 10.6. The molecule has 0 saturated heterocycles. The van der Waals surface area contributed by atoms with Gasteiger partial charge in [-0.05, 0) is 38.5 Å². The van der Waals surface area contributed by atoms with Gasteiger partial charge in [0, 0.05) is 18.4 Å². The lowest BCUT2D eigenvalue weighted by atomic mass is 9.91. The van der Waals surface area contributed by atoms with Crippen molar-refractivity contribution in [2.24, 2.45) is 0 Å². The van der Waals surface area contributed by atoms with E-state index in [1.807, 2.05) is 13.8 Å². The van der Waals surface area contributed by atoms with Crippen molar-refractivity contribution in [3.05, 3.63) is 40.5 Å². The van der Waals surface area contributed by atoms with Crippen molar-refractivity contribution in [2.45, 2.75) is 46.6 Å². The van der Waals surface area contributed by atoms with Crippen LogP contribution in [0.25, 0.3) is 0 Å². The van der Waals surface area contributed by atoms with Crippen molar-refractivity contribution in [2.75, 3.05) is 19.8 Å². The maximum absolute atomic E-state index is 5.83. The number of hydrogen-bond acceptors (Lipinski definition) is 3. The van der Waals surface area contributed by atoms with Crippen molar-refractivity contribution >= 4 is 0 Å². The molecule has 1 aliphatic heterocycles.